The number of hydrogen-bond donors (Lipinski definition) is 2. The lowest BCUT2D eigenvalue weighted by Crippen LogP contribution is -2.02. The van der Waals surface area contributed by atoms with E-state index in [4.69, 9.17) is 22.4 Å². The molecule has 1 atom stereocenters. The van der Waals surface area contributed by atoms with Gasteiger partial charge in [-0.15, -0.1) is 0 Å². The van der Waals surface area contributed by atoms with Crippen LogP contribution in [0.25, 0.3) is 0 Å². The molecule has 0 saturated heterocycles. The maximum atomic E-state index is 12.0. The van der Waals surface area contributed by atoms with Gasteiger partial charge in [-0.05, 0) is 31.0 Å². The zero-order valence-corrected chi connectivity index (χ0v) is 11.3. The average Bonchev–Trinajstić information content (AvgIpc) is 2.32. The van der Waals surface area contributed by atoms with Crippen LogP contribution in [-0.4, -0.2) is 21.7 Å². The molecular formula is C12H18ClNO2S. The van der Waals surface area contributed by atoms with Crippen LogP contribution in [0.1, 0.15) is 25.7 Å². The number of nitrogen functional groups attached to an aromatic ring is 1. The summed E-state index contributed by atoms with van der Waals surface area (Å²) < 4.78 is 12.0. The normalized spacial score (nSPS) is 12.6. The molecule has 0 aromatic heterocycles. The van der Waals surface area contributed by atoms with E-state index in [1.54, 1.807) is 18.2 Å². The van der Waals surface area contributed by atoms with E-state index in [-0.39, 0.29) is 6.61 Å². The van der Waals surface area contributed by atoms with Crippen molar-refractivity contribution in [2.45, 2.75) is 30.6 Å². The van der Waals surface area contributed by atoms with Gasteiger partial charge in [-0.2, -0.15) is 0 Å². The van der Waals surface area contributed by atoms with Gasteiger partial charge in [0.15, 0.2) is 0 Å². The Bertz CT molecular complexity index is 385. The van der Waals surface area contributed by atoms with E-state index >= 15 is 0 Å². The van der Waals surface area contributed by atoms with Crippen LogP contribution in [0, 0.1) is 0 Å². The van der Waals surface area contributed by atoms with Gasteiger partial charge in [0.25, 0.3) is 0 Å². The Morgan fingerprint density at radius 1 is 1.24 bits per heavy atom. The lowest BCUT2D eigenvalue weighted by molar-refractivity contribution is 0.283. The summed E-state index contributed by atoms with van der Waals surface area (Å²) in [7, 11) is -1.08. The van der Waals surface area contributed by atoms with Gasteiger partial charge in [-0.25, -0.2) is 0 Å². The van der Waals surface area contributed by atoms with Crippen LogP contribution < -0.4 is 5.73 Å². The second-order valence-corrected chi connectivity index (χ2v) is 5.85. The summed E-state index contributed by atoms with van der Waals surface area (Å²) >= 11 is 5.85. The van der Waals surface area contributed by atoms with Crippen molar-refractivity contribution < 1.29 is 9.32 Å². The summed E-state index contributed by atoms with van der Waals surface area (Å²) in [5.41, 5.74) is 6.29. The fraction of sp³-hybridized carbons (Fsp3) is 0.500. The highest BCUT2D eigenvalue weighted by molar-refractivity contribution is 7.85. The van der Waals surface area contributed by atoms with Gasteiger partial charge in [0.1, 0.15) is 0 Å². The van der Waals surface area contributed by atoms with Crippen LogP contribution in [0.15, 0.2) is 23.1 Å². The number of unbranched alkanes of at least 4 members (excludes halogenated alkanes) is 3. The van der Waals surface area contributed by atoms with Gasteiger partial charge in [0.05, 0.1) is 15.7 Å². The molecule has 5 heteroatoms. The van der Waals surface area contributed by atoms with Crippen LogP contribution in [0.4, 0.5) is 5.69 Å². The molecule has 96 valence electrons. The monoisotopic (exact) mass is 275 g/mol. The van der Waals surface area contributed by atoms with Crippen LogP contribution in [-0.2, 0) is 10.8 Å². The van der Waals surface area contributed by atoms with Gasteiger partial charge in [-0.3, -0.25) is 4.21 Å². The molecule has 0 aliphatic rings. The second-order valence-electron chi connectivity index (χ2n) is 3.87. The summed E-state index contributed by atoms with van der Waals surface area (Å²) in [5, 5.41) is 9.19. The number of nitrogens with two attached hydrogens (primary N) is 1. The third kappa shape index (κ3) is 5.06. The molecule has 1 unspecified atom stereocenters. The molecule has 0 amide bonds. The van der Waals surface area contributed by atoms with E-state index in [0.717, 1.165) is 25.7 Å². The second kappa shape index (κ2) is 7.69. The van der Waals surface area contributed by atoms with Crippen molar-refractivity contribution in [3.63, 3.8) is 0 Å². The maximum Gasteiger partial charge on any atom is 0.0632 e. The van der Waals surface area contributed by atoms with Crippen LogP contribution >= 0.6 is 11.6 Å². The maximum absolute atomic E-state index is 12.0. The predicted octanol–water partition coefficient (Wildman–Crippen LogP) is 2.58. The lowest BCUT2D eigenvalue weighted by atomic mass is 10.2. The molecule has 1 rings (SSSR count). The van der Waals surface area contributed by atoms with Crippen molar-refractivity contribution in [1.29, 1.82) is 0 Å². The zero-order chi connectivity index (χ0) is 12.7. The highest BCUT2D eigenvalue weighted by Gasteiger charge is 2.08. The molecule has 0 bridgehead atoms. The van der Waals surface area contributed by atoms with Gasteiger partial charge in [-0.1, -0.05) is 24.4 Å². The molecule has 0 spiro atoms. The molecule has 1 aromatic carbocycles. The van der Waals surface area contributed by atoms with Crippen LogP contribution in [0.3, 0.4) is 0 Å². The van der Waals surface area contributed by atoms with Gasteiger partial charge < -0.3 is 10.8 Å². The van der Waals surface area contributed by atoms with E-state index in [9.17, 15) is 4.21 Å². The number of hydrogen-bond acceptors (Lipinski definition) is 3. The van der Waals surface area contributed by atoms with Gasteiger partial charge in [0.2, 0.25) is 0 Å². The summed E-state index contributed by atoms with van der Waals surface area (Å²) in [6.07, 6.45) is 3.63. The third-order valence-electron chi connectivity index (χ3n) is 2.46. The van der Waals surface area contributed by atoms with Crippen molar-refractivity contribution >= 4 is 28.1 Å². The summed E-state index contributed by atoms with van der Waals surface area (Å²) in [5.74, 6) is 0.593. The SMILES string of the molecule is Nc1ccc(Cl)cc1S(=O)CCCCCCO. The molecule has 0 aliphatic carbocycles. The number of halogens is 1. The Morgan fingerprint density at radius 3 is 2.65 bits per heavy atom. The Kier molecular flexibility index (Phi) is 6.55. The topological polar surface area (TPSA) is 63.3 Å². The Morgan fingerprint density at radius 2 is 1.94 bits per heavy atom. The Balaban J connectivity index is 2.44. The van der Waals surface area contributed by atoms with E-state index in [2.05, 4.69) is 0 Å². The quantitative estimate of drug-likeness (QED) is 0.594. The van der Waals surface area contributed by atoms with Crippen molar-refractivity contribution in [3.05, 3.63) is 23.2 Å². The van der Waals surface area contributed by atoms with E-state index in [1.165, 1.54) is 0 Å². The van der Waals surface area contributed by atoms with Crippen molar-refractivity contribution in [2.75, 3.05) is 18.1 Å². The minimum Gasteiger partial charge on any atom is -0.398 e. The minimum absolute atomic E-state index is 0.227. The first kappa shape index (κ1) is 14.5. The molecule has 0 heterocycles. The van der Waals surface area contributed by atoms with Crippen molar-refractivity contribution in [3.8, 4) is 0 Å². The smallest absolute Gasteiger partial charge is 0.0632 e. The molecule has 0 radical (unpaired) electrons. The lowest BCUT2D eigenvalue weighted by Gasteiger charge is -2.06. The molecule has 0 saturated carbocycles. The van der Waals surface area contributed by atoms with Crippen LogP contribution in [0.5, 0.6) is 0 Å². The minimum atomic E-state index is -1.08. The fourth-order valence-corrected chi connectivity index (χ4v) is 3.03. The number of anilines is 1. The first-order valence-electron chi connectivity index (χ1n) is 5.69. The standard InChI is InChI=1S/C12H18ClNO2S/c13-10-5-6-11(14)12(9-10)17(16)8-4-2-1-3-7-15/h5-6,9,15H,1-4,7-8,14H2. The zero-order valence-electron chi connectivity index (χ0n) is 9.69. The molecule has 17 heavy (non-hydrogen) atoms. The number of aliphatic hydroxyl groups is 1. The predicted molar refractivity (Wildman–Crippen MR) is 72.7 cm³/mol. The van der Waals surface area contributed by atoms with Gasteiger partial charge in [0, 0.05) is 23.1 Å². The van der Waals surface area contributed by atoms with Crippen molar-refractivity contribution in [2.24, 2.45) is 0 Å². The first-order chi connectivity index (χ1) is 8.15. The van der Waals surface area contributed by atoms with E-state index < -0.39 is 10.8 Å². The molecule has 0 fully saturated rings. The molecular weight excluding hydrogens is 258 g/mol. The number of rotatable bonds is 7. The van der Waals surface area contributed by atoms with Crippen LogP contribution in [0.2, 0.25) is 5.02 Å². The van der Waals surface area contributed by atoms with Gasteiger partial charge >= 0.3 is 0 Å². The molecule has 0 aliphatic heterocycles. The number of aliphatic hydroxyl groups excluding tert-OH is 1. The Hall–Kier alpha value is -0.580. The molecule has 3 N–H and O–H groups in total. The summed E-state index contributed by atoms with van der Waals surface area (Å²) in [6.45, 7) is 0.227. The summed E-state index contributed by atoms with van der Waals surface area (Å²) in [6, 6.07) is 5.04. The molecule has 1 aromatic rings. The Labute approximate surface area is 109 Å². The largest absolute Gasteiger partial charge is 0.398 e. The van der Waals surface area contributed by atoms with E-state index in [1.807, 2.05) is 0 Å². The van der Waals surface area contributed by atoms with E-state index in [0.29, 0.717) is 21.4 Å². The number of benzene rings is 1. The first-order valence-corrected chi connectivity index (χ1v) is 7.39. The highest BCUT2D eigenvalue weighted by Crippen LogP contribution is 2.22. The third-order valence-corrected chi connectivity index (χ3v) is 4.20. The summed E-state index contributed by atoms with van der Waals surface area (Å²) in [4.78, 5) is 0.625. The average molecular weight is 276 g/mol. The molecule has 3 nitrogen and oxygen atoms in total. The highest BCUT2D eigenvalue weighted by atomic mass is 35.5. The van der Waals surface area contributed by atoms with Crippen molar-refractivity contribution in [1.82, 2.24) is 0 Å². The fourth-order valence-electron chi connectivity index (χ4n) is 1.51.